The van der Waals surface area contributed by atoms with Crippen LogP contribution in [0.15, 0.2) is 36.4 Å². The SMILES string of the molecule is CNCC=CCOc1ccc(C=O)cc1. The fourth-order valence-electron chi connectivity index (χ4n) is 1.06. The lowest BCUT2D eigenvalue weighted by molar-refractivity contribution is 0.112. The molecule has 0 bridgehead atoms. The molecule has 0 aliphatic rings. The average molecular weight is 205 g/mol. The quantitative estimate of drug-likeness (QED) is 0.567. The van der Waals surface area contributed by atoms with Gasteiger partial charge < -0.3 is 10.1 Å². The Morgan fingerprint density at radius 1 is 1.27 bits per heavy atom. The van der Waals surface area contributed by atoms with Gasteiger partial charge in [-0.2, -0.15) is 0 Å². The lowest BCUT2D eigenvalue weighted by atomic mass is 10.2. The molecule has 1 aromatic rings. The normalized spacial score (nSPS) is 10.5. The van der Waals surface area contributed by atoms with Crippen LogP contribution in [0.4, 0.5) is 0 Å². The number of rotatable bonds is 6. The van der Waals surface area contributed by atoms with Gasteiger partial charge in [0.2, 0.25) is 0 Å². The predicted octanol–water partition coefficient (Wildman–Crippen LogP) is 1.65. The van der Waals surface area contributed by atoms with Crippen molar-refractivity contribution in [3.8, 4) is 5.75 Å². The Morgan fingerprint density at radius 2 is 2.00 bits per heavy atom. The fourth-order valence-corrected chi connectivity index (χ4v) is 1.06. The highest BCUT2D eigenvalue weighted by atomic mass is 16.5. The van der Waals surface area contributed by atoms with Gasteiger partial charge >= 0.3 is 0 Å². The van der Waals surface area contributed by atoms with E-state index >= 15 is 0 Å². The third kappa shape index (κ3) is 4.42. The summed E-state index contributed by atoms with van der Waals surface area (Å²) in [6.07, 6.45) is 4.76. The summed E-state index contributed by atoms with van der Waals surface area (Å²) in [5.41, 5.74) is 0.660. The van der Waals surface area contributed by atoms with E-state index in [0.717, 1.165) is 18.6 Å². The van der Waals surface area contributed by atoms with Gasteiger partial charge in [0, 0.05) is 12.1 Å². The topological polar surface area (TPSA) is 38.3 Å². The lowest BCUT2D eigenvalue weighted by Gasteiger charge is -2.02. The standard InChI is InChI=1S/C12H15NO2/c1-13-8-2-3-9-15-12-6-4-11(10-14)5-7-12/h2-7,10,13H,8-9H2,1H3. The summed E-state index contributed by atoms with van der Waals surface area (Å²) in [7, 11) is 1.89. The van der Waals surface area contributed by atoms with Crippen molar-refractivity contribution in [2.75, 3.05) is 20.2 Å². The van der Waals surface area contributed by atoms with Crippen LogP contribution in [-0.4, -0.2) is 26.5 Å². The van der Waals surface area contributed by atoms with Crippen LogP contribution in [0, 0.1) is 0 Å². The van der Waals surface area contributed by atoms with E-state index in [1.807, 2.05) is 19.2 Å². The third-order valence-corrected chi connectivity index (χ3v) is 1.85. The Balaban J connectivity index is 2.34. The third-order valence-electron chi connectivity index (χ3n) is 1.85. The van der Waals surface area contributed by atoms with Gasteiger partial charge in [0.1, 0.15) is 18.6 Å². The number of ether oxygens (including phenoxy) is 1. The van der Waals surface area contributed by atoms with Gasteiger partial charge in [0.25, 0.3) is 0 Å². The van der Waals surface area contributed by atoms with Gasteiger partial charge in [0.15, 0.2) is 0 Å². The van der Waals surface area contributed by atoms with Gasteiger partial charge in [-0.3, -0.25) is 4.79 Å². The smallest absolute Gasteiger partial charge is 0.150 e. The zero-order valence-electron chi connectivity index (χ0n) is 8.77. The van der Waals surface area contributed by atoms with E-state index in [-0.39, 0.29) is 0 Å². The van der Waals surface area contributed by atoms with Crippen molar-refractivity contribution in [1.82, 2.24) is 5.32 Å². The van der Waals surface area contributed by atoms with Crippen molar-refractivity contribution in [2.24, 2.45) is 0 Å². The molecule has 0 spiro atoms. The molecule has 3 heteroatoms. The second-order valence-electron chi connectivity index (χ2n) is 3.03. The summed E-state index contributed by atoms with van der Waals surface area (Å²) in [4.78, 5) is 10.4. The first kappa shape index (κ1) is 11.5. The number of carbonyl (C=O) groups excluding carboxylic acids is 1. The first-order valence-corrected chi connectivity index (χ1v) is 4.84. The van der Waals surface area contributed by atoms with E-state index in [2.05, 4.69) is 5.32 Å². The van der Waals surface area contributed by atoms with Crippen LogP contribution in [-0.2, 0) is 0 Å². The summed E-state index contributed by atoms with van der Waals surface area (Å²) < 4.78 is 5.42. The number of hydrogen-bond donors (Lipinski definition) is 1. The highest BCUT2D eigenvalue weighted by molar-refractivity contribution is 5.74. The number of likely N-dealkylation sites (N-methyl/N-ethyl adjacent to an activating group) is 1. The molecule has 3 nitrogen and oxygen atoms in total. The Kier molecular flexibility index (Phi) is 5.19. The summed E-state index contributed by atoms with van der Waals surface area (Å²) >= 11 is 0. The van der Waals surface area contributed by atoms with E-state index in [9.17, 15) is 4.79 Å². The molecular formula is C12H15NO2. The minimum atomic E-state index is 0.544. The van der Waals surface area contributed by atoms with E-state index < -0.39 is 0 Å². The number of carbonyl (C=O) groups is 1. The number of aldehydes is 1. The maximum atomic E-state index is 10.4. The summed E-state index contributed by atoms with van der Waals surface area (Å²) in [5.74, 6) is 0.773. The Hall–Kier alpha value is -1.61. The van der Waals surface area contributed by atoms with Crippen LogP contribution in [0.2, 0.25) is 0 Å². The predicted molar refractivity (Wildman–Crippen MR) is 60.4 cm³/mol. The summed E-state index contributed by atoms with van der Waals surface area (Å²) in [5, 5.41) is 3.00. The van der Waals surface area contributed by atoms with Crippen molar-refractivity contribution in [3.63, 3.8) is 0 Å². The van der Waals surface area contributed by atoms with E-state index in [1.54, 1.807) is 24.3 Å². The van der Waals surface area contributed by atoms with Gasteiger partial charge in [-0.25, -0.2) is 0 Å². The van der Waals surface area contributed by atoms with Crippen molar-refractivity contribution in [1.29, 1.82) is 0 Å². The Labute approximate surface area is 89.8 Å². The first-order valence-electron chi connectivity index (χ1n) is 4.84. The van der Waals surface area contributed by atoms with Crippen molar-refractivity contribution in [2.45, 2.75) is 0 Å². The van der Waals surface area contributed by atoms with E-state index in [1.165, 1.54) is 0 Å². The van der Waals surface area contributed by atoms with Crippen molar-refractivity contribution in [3.05, 3.63) is 42.0 Å². The number of benzene rings is 1. The van der Waals surface area contributed by atoms with Gasteiger partial charge in [-0.15, -0.1) is 0 Å². The minimum absolute atomic E-state index is 0.544. The van der Waals surface area contributed by atoms with Gasteiger partial charge in [-0.1, -0.05) is 12.2 Å². The van der Waals surface area contributed by atoms with Crippen LogP contribution in [0.5, 0.6) is 5.75 Å². The van der Waals surface area contributed by atoms with Crippen molar-refractivity contribution >= 4 is 6.29 Å². The van der Waals surface area contributed by atoms with E-state index in [0.29, 0.717) is 12.2 Å². The minimum Gasteiger partial charge on any atom is -0.490 e. The molecule has 0 amide bonds. The molecule has 0 aliphatic carbocycles. The highest BCUT2D eigenvalue weighted by Gasteiger charge is 1.92. The molecule has 15 heavy (non-hydrogen) atoms. The van der Waals surface area contributed by atoms with Crippen LogP contribution >= 0.6 is 0 Å². The van der Waals surface area contributed by atoms with Crippen LogP contribution in [0.3, 0.4) is 0 Å². The largest absolute Gasteiger partial charge is 0.490 e. The molecular weight excluding hydrogens is 190 g/mol. The van der Waals surface area contributed by atoms with Gasteiger partial charge in [-0.05, 0) is 31.3 Å². The highest BCUT2D eigenvalue weighted by Crippen LogP contribution is 2.10. The Bertz CT molecular complexity index is 317. The zero-order valence-corrected chi connectivity index (χ0v) is 8.77. The van der Waals surface area contributed by atoms with Crippen LogP contribution < -0.4 is 10.1 Å². The molecule has 0 saturated carbocycles. The molecule has 0 heterocycles. The van der Waals surface area contributed by atoms with E-state index in [4.69, 9.17) is 4.74 Å². The lowest BCUT2D eigenvalue weighted by Crippen LogP contribution is -2.04. The molecule has 1 rings (SSSR count). The average Bonchev–Trinajstić information content (AvgIpc) is 2.30. The molecule has 0 unspecified atom stereocenters. The molecule has 0 radical (unpaired) electrons. The number of hydrogen-bond acceptors (Lipinski definition) is 3. The fraction of sp³-hybridized carbons (Fsp3) is 0.250. The zero-order chi connectivity index (χ0) is 10.9. The summed E-state index contributed by atoms with van der Waals surface area (Å²) in [6, 6.07) is 7.05. The van der Waals surface area contributed by atoms with Crippen molar-refractivity contribution < 1.29 is 9.53 Å². The molecule has 0 fully saturated rings. The Morgan fingerprint density at radius 3 is 2.60 bits per heavy atom. The monoisotopic (exact) mass is 205 g/mol. The molecule has 0 saturated heterocycles. The summed E-state index contributed by atoms with van der Waals surface area (Å²) in [6.45, 7) is 1.38. The molecule has 0 aliphatic heterocycles. The first-order chi connectivity index (χ1) is 7.36. The van der Waals surface area contributed by atoms with Crippen LogP contribution in [0.1, 0.15) is 10.4 Å². The molecule has 0 atom stereocenters. The number of nitrogens with one attached hydrogen (secondary N) is 1. The molecule has 80 valence electrons. The molecule has 0 aromatic heterocycles. The maximum Gasteiger partial charge on any atom is 0.150 e. The van der Waals surface area contributed by atoms with Gasteiger partial charge in [0.05, 0.1) is 0 Å². The second kappa shape index (κ2) is 6.79. The molecule has 1 N–H and O–H groups in total. The van der Waals surface area contributed by atoms with Crippen LogP contribution in [0.25, 0.3) is 0 Å². The second-order valence-corrected chi connectivity index (χ2v) is 3.03. The molecule has 1 aromatic carbocycles. The maximum absolute atomic E-state index is 10.4.